The van der Waals surface area contributed by atoms with Gasteiger partial charge in [-0.05, 0) is 18.2 Å². The summed E-state index contributed by atoms with van der Waals surface area (Å²) < 4.78 is 13.8. The standard InChI is InChI=1S/C12H7ClFNO2S/c13-8-3-1-2-4-9(8)18-11-10(14)7(12(16)17)5-6-15-11/h1-6H,(H,16,17). The maximum absolute atomic E-state index is 13.8. The summed E-state index contributed by atoms with van der Waals surface area (Å²) in [4.78, 5) is 15.2. The Bertz CT molecular complexity index is 606. The number of carboxylic acid groups (broad SMARTS) is 1. The second kappa shape index (κ2) is 5.37. The van der Waals surface area contributed by atoms with Crippen molar-refractivity contribution in [3.63, 3.8) is 0 Å². The Kier molecular flexibility index (Phi) is 3.84. The van der Waals surface area contributed by atoms with Crippen LogP contribution in [0.4, 0.5) is 4.39 Å². The molecule has 1 aromatic carbocycles. The van der Waals surface area contributed by atoms with E-state index < -0.39 is 17.3 Å². The van der Waals surface area contributed by atoms with Gasteiger partial charge in [0.15, 0.2) is 5.82 Å². The van der Waals surface area contributed by atoms with Crippen LogP contribution in [0.25, 0.3) is 0 Å². The molecule has 1 heterocycles. The van der Waals surface area contributed by atoms with Gasteiger partial charge in [-0.1, -0.05) is 35.5 Å². The van der Waals surface area contributed by atoms with E-state index in [-0.39, 0.29) is 5.03 Å². The lowest BCUT2D eigenvalue weighted by Crippen LogP contribution is -2.02. The van der Waals surface area contributed by atoms with Crippen molar-refractivity contribution in [2.45, 2.75) is 9.92 Å². The van der Waals surface area contributed by atoms with Gasteiger partial charge in [-0.3, -0.25) is 0 Å². The Hall–Kier alpha value is -1.59. The molecule has 0 bridgehead atoms. The second-order valence-electron chi connectivity index (χ2n) is 3.32. The molecule has 0 amide bonds. The van der Waals surface area contributed by atoms with E-state index in [1.54, 1.807) is 24.3 Å². The summed E-state index contributed by atoms with van der Waals surface area (Å²) in [5.41, 5.74) is -0.403. The van der Waals surface area contributed by atoms with E-state index in [4.69, 9.17) is 16.7 Å². The summed E-state index contributed by atoms with van der Waals surface area (Å²) in [5.74, 6) is -2.18. The normalized spacial score (nSPS) is 10.3. The second-order valence-corrected chi connectivity index (χ2v) is 4.75. The van der Waals surface area contributed by atoms with Crippen LogP contribution in [0.1, 0.15) is 10.4 Å². The predicted molar refractivity (Wildman–Crippen MR) is 66.7 cm³/mol. The number of rotatable bonds is 3. The molecule has 1 N–H and O–H groups in total. The van der Waals surface area contributed by atoms with Gasteiger partial charge >= 0.3 is 5.97 Å². The molecule has 0 aliphatic rings. The summed E-state index contributed by atoms with van der Waals surface area (Å²) in [6.45, 7) is 0. The molecule has 92 valence electrons. The predicted octanol–water partition coefficient (Wildman–Crippen LogP) is 3.72. The van der Waals surface area contributed by atoms with Crippen LogP contribution in [0.15, 0.2) is 46.5 Å². The molecule has 0 atom stereocenters. The fourth-order valence-corrected chi connectivity index (χ4v) is 2.38. The monoisotopic (exact) mass is 283 g/mol. The van der Waals surface area contributed by atoms with Gasteiger partial charge in [-0.25, -0.2) is 14.2 Å². The molecule has 0 aliphatic heterocycles. The van der Waals surface area contributed by atoms with Gasteiger partial charge in [-0.15, -0.1) is 0 Å². The van der Waals surface area contributed by atoms with Gasteiger partial charge in [0, 0.05) is 11.1 Å². The van der Waals surface area contributed by atoms with Crippen LogP contribution in [0.5, 0.6) is 0 Å². The number of carboxylic acids is 1. The molecule has 3 nitrogen and oxygen atoms in total. The Balaban J connectivity index is 2.39. The number of hydrogen-bond acceptors (Lipinski definition) is 3. The lowest BCUT2D eigenvalue weighted by molar-refractivity contribution is 0.0691. The molecule has 2 rings (SSSR count). The number of carbonyl (C=O) groups is 1. The van der Waals surface area contributed by atoms with E-state index in [1.165, 1.54) is 6.20 Å². The highest BCUT2D eigenvalue weighted by molar-refractivity contribution is 7.99. The van der Waals surface area contributed by atoms with Crippen LogP contribution in [-0.4, -0.2) is 16.1 Å². The molecule has 0 saturated carbocycles. The molecule has 0 aliphatic carbocycles. The number of hydrogen-bond donors (Lipinski definition) is 1. The summed E-state index contributed by atoms with van der Waals surface area (Å²) >= 11 is 6.93. The summed E-state index contributed by atoms with van der Waals surface area (Å²) in [5, 5.41) is 9.26. The van der Waals surface area contributed by atoms with Gasteiger partial charge in [0.25, 0.3) is 0 Å². The van der Waals surface area contributed by atoms with Crippen molar-refractivity contribution >= 4 is 29.3 Å². The molecule has 0 unspecified atom stereocenters. The molecule has 2 aromatic rings. The van der Waals surface area contributed by atoms with Crippen molar-refractivity contribution in [1.29, 1.82) is 0 Å². The molecule has 1 aromatic heterocycles. The highest BCUT2D eigenvalue weighted by Gasteiger charge is 2.16. The lowest BCUT2D eigenvalue weighted by Gasteiger charge is -2.05. The van der Waals surface area contributed by atoms with Crippen molar-refractivity contribution in [3.05, 3.63) is 52.9 Å². The Morgan fingerprint density at radius 1 is 1.33 bits per heavy atom. The first-order valence-corrected chi connectivity index (χ1v) is 6.09. The zero-order valence-electron chi connectivity index (χ0n) is 8.93. The number of halogens is 2. The quantitative estimate of drug-likeness (QED) is 0.932. The average Bonchev–Trinajstić information content (AvgIpc) is 2.34. The topological polar surface area (TPSA) is 50.2 Å². The maximum atomic E-state index is 13.8. The van der Waals surface area contributed by atoms with Gasteiger partial charge in [0.2, 0.25) is 0 Å². The number of benzene rings is 1. The highest BCUT2D eigenvalue weighted by Crippen LogP contribution is 2.33. The zero-order valence-corrected chi connectivity index (χ0v) is 10.5. The highest BCUT2D eigenvalue weighted by atomic mass is 35.5. The third-order valence-electron chi connectivity index (χ3n) is 2.13. The fraction of sp³-hybridized carbons (Fsp3) is 0. The Morgan fingerprint density at radius 3 is 2.72 bits per heavy atom. The van der Waals surface area contributed by atoms with E-state index in [0.29, 0.717) is 9.92 Å². The van der Waals surface area contributed by atoms with E-state index in [9.17, 15) is 9.18 Å². The molecule has 0 radical (unpaired) electrons. The van der Waals surface area contributed by atoms with E-state index in [1.807, 2.05) is 0 Å². The molecule has 0 spiro atoms. The minimum Gasteiger partial charge on any atom is -0.478 e. The van der Waals surface area contributed by atoms with Crippen molar-refractivity contribution < 1.29 is 14.3 Å². The lowest BCUT2D eigenvalue weighted by atomic mass is 10.3. The summed E-state index contributed by atoms with van der Waals surface area (Å²) in [6, 6.07) is 8.01. The SMILES string of the molecule is O=C(O)c1ccnc(Sc2ccccc2Cl)c1F. The first-order valence-electron chi connectivity index (χ1n) is 4.90. The van der Waals surface area contributed by atoms with Crippen LogP contribution < -0.4 is 0 Å². The minimum absolute atomic E-state index is 0.0111. The van der Waals surface area contributed by atoms with E-state index in [2.05, 4.69) is 4.98 Å². The number of aromatic nitrogens is 1. The first-order chi connectivity index (χ1) is 8.59. The Morgan fingerprint density at radius 2 is 2.06 bits per heavy atom. The van der Waals surface area contributed by atoms with Gasteiger partial charge in [0.1, 0.15) is 5.03 Å². The molecule has 6 heteroatoms. The summed E-state index contributed by atoms with van der Waals surface area (Å²) in [6.07, 6.45) is 1.26. The third-order valence-corrected chi connectivity index (χ3v) is 3.63. The van der Waals surface area contributed by atoms with E-state index >= 15 is 0 Å². The van der Waals surface area contributed by atoms with Crippen molar-refractivity contribution in [2.75, 3.05) is 0 Å². The Labute approximate surface area is 112 Å². The van der Waals surface area contributed by atoms with Crippen LogP contribution >= 0.6 is 23.4 Å². The van der Waals surface area contributed by atoms with Crippen molar-refractivity contribution in [2.24, 2.45) is 0 Å². The number of nitrogens with zero attached hydrogens (tertiary/aromatic N) is 1. The van der Waals surface area contributed by atoms with Crippen LogP contribution in [0, 0.1) is 5.82 Å². The molecular formula is C12H7ClFNO2S. The molecule has 18 heavy (non-hydrogen) atoms. The van der Waals surface area contributed by atoms with Gasteiger partial charge in [-0.2, -0.15) is 0 Å². The smallest absolute Gasteiger partial charge is 0.338 e. The van der Waals surface area contributed by atoms with Crippen LogP contribution in [0.3, 0.4) is 0 Å². The van der Waals surface area contributed by atoms with Gasteiger partial charge in [0.05, 0.1) is 10.6 Å². The van der Waals surface area contributed by atoms with Crippen molar-refractivity contribution in [1.82, 2.24) is 4.98 Å². The fourth-order valence-electron chi connectivity index (χ4n) is 1.29. The maximum Gasteiger partial charge on any atom is 0.338 e. The molecule has 0 saturated heterocycles. The largest absolute Gasteiger partial charge is 0.478 e. The molecular weight excluding hydrogens is 277 g/mol. The molecule has 0 fully saturated rings. The third kappa shape index (κ3) is 2.63. The van der Waals surface area contributed by atoms with Crippen LogP contribution in [-0.2, 0) is 0 Å². The minimum atomic E-state index is -1.32. The van der Waals surface area contributed by atoms with Gasteiger partial charge < -0.3 is 5.11 Å². The first kappa shape index (κ1) is 12.9. The van der Waals surface area contributed by atoms with E-state index in [0.717, 1.165) is 17.8 Å². The van der Waals surface area contributed by atoms with Crippen LogP contribution in [0.2, 0.25) is 5.02 Å². The number of pyridine rings is 1. The number of aromatic carboxylic acids is 1. The van der Waals surface area contributed by atoms with Crippen molar-refractivity contribution in [3.8, 4) is 0 Å². The zero-order chi connectivity index (χ0) is 13.1. The average molecular weight is 284 g/mol. The summed E-state index contributed by atoms with van der Waals surface area (Å²) in [7, 11) is 0.